The number of alkyl halides is 3. The van der Waals surface area contributed by atoms with Crippen LogP contribution in [0.1, 0.15) is 5.56 Å². The van der Waals surface area contributed by atoms with Crippen LogP contribution in [0.4, 0.5) is 18.9 Å². The molecule has 0 aliphatic heterocycles. The lowest BCUT2D eigenvalue weighted by molar-refractivity contribution is -0.385. The Bertz CT molecular complexity index is 614. The van der Waals surface area contributed by atoms with Crippen LogP contribution in [0.3, 0.4) is 0 Å². The predicted octanol–water partition coefficient (Wildman–Crippen LogP) is 3.19. The number of hydrogen-bond donors (Lipinski definition) is 0. The Morgan fingerprint density at radius 1 is 1.28 bits per heavy atom. The molecule has 100 valence electrons. The van der Waals surface area contributed by atoms with Crippen molar-refractivity contribution < 1.29 is 26.5 Å². The first kappa shape index (κ1) is 15.0. The van der Waals surface area contributed by atoms with Crippen LogP contribution in [0.25, 0.3) is 0 Å². The second-order valence-corrected chi connectivity index (χ2v) is 5.91. The maximum Gasteiger partial charge on any atom is 0.418 e. The number of benzene rings is 1. The van der Waals surface area contributed by atoms with Crippen LogP contribution in [0.15, 0.2) is 17.0 Å². The van der Waals surface area contributed by atoms with Gasteiger partial charge in [0.1, 0.15) is 4.90 Å². The van der Waals surface area contributed by atoms with E-state index in [-0.39, 0.29) is 6.07 Å². The molecule has 11 heteroatoms. The van der Waals surface area contributed by atoms with Gasteiger partial charge in [-0.15, -0.1) is 0 Å². The molecule has 0 spiro atoms. The summed E-state index contributed by atoms with van der Waals surface area (Å²) in [7, 11) is 0.224. The Balaban J connectivity index is 3.76. The van der Waals surface area contributed by atoms with Crippen LogP contribution < -0.4 is 0 Å². The lowest BCUT2D eigenvalue weighted by atomic mass is 10.2. The van der Waals surface area contributed by atoms with Crippen molar-refractivity contribution >= 4 is 37.0 Å². The highest BCUT2D eigenvalue weighted by Gasteiger charge is 2.38. The molecular formula is C7H2Cl2F3NO4S. The fourth-order valence-corrected chi connectivity index (χ4v) is 2.66. The summed E-state index contributed by atoms with van der Waals surface area (Å²) < 4.78 is 59.5. The van der Waals surface area contributed by atoms with Crippen molar-refractivity contribution in [2.75, 3.05) is 0 Å². The molecule has 0 aromatic heterocycles. The highest BCUT2D eigenvalue weighted by atomic mass is 35.7. The fraction of sp³-hybridized carbons (Fsp3) is 0.143. The van der Waals surface area contributed by atoms with Crippen LogP contribution in [-0.4, -0.2) is 13.3 Å². The maximum absolute atomic E-state index is 12.5. The summed E-state index contributed by atoms with van der Waals surface area (Å²) in [6.07, 6.45) is -5.04. The molecule has 1 aromatic rings. The third kappa shape index (κ3) is 3.03. The molecule has 1 rings (SSSR count). The average molecular weight is 324 g/mol. The molecule has 0 saturated carbocycles. The monoisotopic (exact) mass is 323 g/mol. The van der Waals surface area contributed by atoms with Gasteiger partial charge in [0.2, 0.25) is 0 Å². The quantitative estimate of drug-likeness (QED) is 0.475. The first-order valence-corrected chi connectivity index (χ1v) is 6.63. The van der Waals surface area contributed by atoms with Crippen LogP contribution >= 0.6 is 22.3 Å². The highest BCUT2D eigenvalue weighted by Crippen LogP contribution is 2.41. The van der Waals surface area contributed by atoms with E-state index in [0.717, 1.165) is 0 Å². The molecule has 18 heavy (non-hydrogen) atoms. The predicted molar refractivity (Wildman–Crippen MR) is 56.1 cm³/mol. The van der Waals surface area contributed by atoms with Gasteiger partial charge in [0.05, 0.1) is 15.5 Å². The number of non-ortho nitro benzene ring substituents is 1. The Kier molecular flexibility index (Phi) is 3.80. The topological polar surface area (TPSA) is 77.3 Å². The zero-order valence-corrected chi connectivity index (χ0v) is 10.4. The van der Waals surface area contributed by atoms with Crippen molar-refractivity contribution in [3.8, 4) is 0 Å². The van der Waals surface area contributed by atoms with Crippen molar-refractivity contribution in [1.29, 1.82) is 0 Å². The van der Waals surface area contributed by atoms with Crippen molar-refractivity contribution in [3.63, 3.8) is 0 Å². The van der Waals surface area contributed by atoms with Gasteiger partial charge in [0.25, 0.3) is 14.7 Å². The zero-order valence-electron chi connectivity index (χ0n) is 8.03. The molecule has 0 aliphatic rings. The summed E-state index contributed by atoms with van der Waals surface area (Å²) >= 11 is 5.25. The Morgan fingerprint density at radius 3 is 2.11 bits per heavy atom. The normalized spacial score (nSPS) is 12.5. The van der Waals surface area contributed by atoms with Crippen molar-refractivity contribution in [3.05, 3.63) is 32.8 Å². The Hall–Kier alpha value is -1.06. The number of rotatable bonds is 2. The zero-order chi connectivity index (χ0) is 14.3. The number of hydrogen-bond acceptors (Lipinski definition) is 4. The molecule has 0 fully saturated rings. The summed E-state index contributed by atoms with van der Waals surface area (Å²) in [5.41, 5.74) is -2.72. The van der Waals surface area contributed by atoms with E-state index < -0.39 is 41.3 Å². The summed E-state index contributed by atoms with van der Waals surface area (Å²) in [6, 6.07) is 0.494. The first-order valence-electron chi connectivity index (χ1n) is 3.94. The van der Waals surface area contributed by atoms with Gasteiger partial charge < -0.3 is 0 Å². The van der Waals surface area contributed by atoms with E-state index in [1.165, 1.54) is 0 Å². The lowest BCUT2D eigenvalue weighted by Crippen LogP contribution is -2.09. The Labute approximate surface area is 108 Å². The van der Waals surface area contributed by atoms with Gasteiger partial charge in [-0.25, -0.2) is 8.42 Å². The average Bonchev–Trinajstić information content (AvgIpc) is 2.13. The van der Waals surface area contributed by atoms with Gasteiger partial charge in [-0.05, 0) is 0 Å². The Morgan fingerprint density at radius 2 is 1.78 bits per heavy atom. The number of halogens is 5. The molecule has 0 heterocycles. The van der Waals surface area contributed by atoms with Crippen LogP contribution in [0, 0.1) is 10.1 Å². The number of nitro groups is 1. The number of nitrogens with zero attached hydrogens (tertiary/aromatic N) is 1. The summed E-state index contributed by atoms with van der Waals surface area (Å²) in [5, 5.41) is 9.22. The fourth-order valence-electron chi connectivity index (χ4n) is 1.07. The third-order valence-corrected chi connectivity index (χ3v) is 3.67. The molecule has 0 radical (unpaired) electrons. The van der Waals surface area contributed by atoms with Crippen molar-refractivity contribution in [2.45, 2.75) is 11.1 Å². The molecule has 0 amide bonds. The van der Waals surface area contributed by atoms with Crippen molar-refractivity contribution in [2.24, 2.45) is 0 Å². The molecule has 0 N–H and O–H groups in total. The van der Waals surface area contributed by atoms with Gasteiger partial charge in [0.15, 0.2) is 0 Å². The van der Waals surface area contributed by atoms with Crippen molar-refractivity contribution in [1.82, 2.24) is 0 Å². The standard InChI is InChI=1S/C7H2Cl2F3NO4S/c8-6-4(7(10,11)12)1-3(13(14)15)2-5(6)18(9,16)17/h1-2H. The van der Waals surface area contributed by atoms with E-state index in [4.69, 9.17) is 22.3 Å². The van der Waals surface area contributed by atoms with Gasteiger partial charge in [-0.2, -0.15) is 13.2 Å². The smallest absolute Gasteiger partial charge is 0.258 e. The van der Waals surface area contributed by atoms with Gasteiger partial charge in [-0.3, -0.25) is 10.1 Å². The van der Waals surface area contributed by atoms with E-state index in [9.17, 15) is 31.7 Å². The molecule has 0 saturated heterocycles. The van der Waals surface area contributed by atoms with Gasteiger partial charge >= 0.3 is 6.18 Å². The van der Waals surface area contributed by atoms with Gasteiger partial charge in [0, 0.05) is 22.8 Å². The van der Waals surface area contributed by atoms with Gasteiger partial charge in [-0.1, -0.05) is 11.6 Å². The minimum absolute atomic E-state index is 0.133. The minimum Gasteiger partial charge on any atom is -0.258 e. The molecule has 0 bridgehead atoms. The first-order chi connectivity index (χ1) is 7.94. The van der Waals surface area contributed by atoms with E-state index in [1.807, 2.05) is 0 Å². The largest absolute Gasteiger partial charge is 0.418 e. The van der Waals surface area contributed by atoms with Crippen LogP contribution in [-0.2, 0) is 15.2 Å². The highest BCUT2D eigenvalue weighted by molar-refractivity contribution is 8.13. The maximum atomic E-state index is 12.5. The molecule has 0 unspecified atom stereocenters. The molecule has 0 aliphatic carbocycles. The van der Waals surface area contributed by atoms with E-state index in [0.29, 0.717) is 6.07 Å². The number of nitro benzene ring substituents is 1. The second-order valence-electron chi connectivity index (χ2n) is 3.00. The third-order valence-electron chi connectivity index (χ3n) is 1.80. The van der Waals surface area contributed by atoms with Crippen LogP contribution in [0.5, 0.6) is 0 Å². The van der Waals surface area contributed by atoms with E-state index >= 15 is 0 Å². The molecule has 0 atom stereocenters. The van der Waals surface area contributed by atoms with E-state index in [2.05, 4.69) is 0 Å². The molecule has 1 aromatic carbocycles. The second kappa shape index (κ2) is 4.56. The summed E-state index contributed by atoms with van der Waals surface area (Å²) in [6.45, 7) is 0. The SMILES string of the molecule is O=[N+]([O-])c1cc(C(F)(F)F)c(Cl)c(S(=O)(=O)Cl)c1. The minimum atomic E-state index is -5.04. The molecule has 5 nitrogen and oxygen atoms in total. The summed E-state index contributed by atoms with van der Waals surface area (Å²) in [5.74, 6) is 0. The van der Waals surface area contributed by atoms with E-state index in [1.54, 1.807) is 0 Å². The lowest BCUT2D eigenvalue weighted by Gasteiger charge is -2.10. The van der Waals surface area contributed by atoms with Crippen LogP contribution in [0.2, 0.25) is 5.02 Å². The molecular weight excluding hydrogens is 322 g/mol. The summed E-state index contributed by atoms with van der Waals surface area (Å²) in [4.78, 5) is 8.08.